The van der Waals surface area contributed by atoms with Gasteiger partial charge in [0.2, 0.25) is 0 Å². The number of allylic oxidation sites excluding steroid dienone is 2. The molecule has 28 heavy (non-hydrogen) atoms. The van der Waals surface area contributed by atoms with Crippen LogP contribution >= 0.6 is 0 Å². The van der Waals surface area contributed by atoms with Gasteiger partial charge in [-0.2, -0.15) is 0 Å². The Balaban J connectivity index is 1.66. The second-order valence-corrected chi connectivity index (χ2v) is 8.82. The first-order valence-electron chi connectivity index (χ1n) is 11.7. The molecule has 0 aromatic rings. The van der Waals surface area contributed by atoms with Gasteiger partial charge in [0.05, 0.1) is 12.2 Å². The first-order chi connectivity index (χ1) is 13.7. The van der Waals surface area contributed by atoms with Crippen LogP contribution in [-0.4, -0.2) is 47.2 Å². The van der Waals surface area contributed by atoms with Crippen molar-refractivity contribution in [2.24, 2.45) is 17.8 Å². The van der Waals surface area contributed by atoms with Gasteiger partial charge in [-0.3, -0.25) is 0 Å². The highest BCUT2D eigenvalue weighted by atomic mass is 16.3. The summed E-state index contributed by atoms with van der Waals surface area (Å²) >= 11 is 0. The number of nitrogens with one attached hydrogen (secondary N) is 1. The first kappa shape index (κ1) is 23.6. The molecule has 2 aliphatic rings. The summed E-state index contributed by atoms with van der Waals surface area (Å²) in [6.45, 7) is 4.41. The summed E-state index contributed by atoms with van der Waals surface area (Å²) in [5.41, 5.74) is 1.58. The number of fused-ring (bicyclic) bond motifs is 1. The third-order valence-electron chi connectivity index (χ3n) is 6.47. The second-order valence-electron chi connectivity index (χ2n) is 8.82. The van der Waals surface area contributed by atoms with Crippen LogP contribution in [0.25, 0.3) is 0 Å². The van der Waals surface area contributed by atoms with Crippen molar-refractivity contribution in [3.63, 3.8) is 0 Å². The minimum Gasteiger partial charge on any atom is -0.396 e. The highest BCUT2D eigenvalue weighted by molar-refractivity contribution is 5.20. The van der Waals surface area contributed by atoms with E-state index in [0.717, 1.165) is 45.2 Å². The number of hydrogen-bond acceptors (Lipinski definition) is 4. The van der Waals surface area contributed by atoms with Crippen LogP contribution in [0.3, 0.4) is 0 Å². The summed E-state index contributed by atoms with van der Waals surface area (Å²) in [6, 6.07) is 0. The van der Waals surface area contributed by atoms with Gasteiger partial charge in [0.1, 0.15) is 0 Å². The fourth-order valence-corrected chi connectivity index (χ4v) is 4.85. The van der Waals surface area contributed by atoms with Gasteiger partial charge >= 0.3 is 0 Å². The molecule has 0 aromatic heterocycles. The summed E-state index contributed by atoms with van der Waals surface area (Å²) in [5, 5.41) is 32.7. The maximum absolute atomic E-state index is 10.5. The van der Waals surface area contributed by atoms with Gasteiger partial charge in [-0.25, -0.2) is 0 Å². The summed E-state index contributed by atoms with van der Waals surface area (Å²) in [6.07, 6.45) is 17.9. The topological polar surface area (TPSA) is 72.7 Å². The Kier molecular flexibility index (Phi) is 11.4. The molecule has 4 heteroatoms. The lowest BCUT2D eigenvalue weighted by Gasteiger charge is -2.19. The van der Waals surface area contributed by atoms with E-state index in [1.165, 1.54) is 38.5 Å². The molecule has 0 amide bonds. The molecule has 1 saturated carbocycles. The van der Waals surface area contributed by atoms with Crippen molar-refractivity contribution in [3.8, 4) is 0 Å². The van der Waals surface area contributed by atoms with E-state index < -0.39 is 0 Å². The number of unbranched alkanes of at least 4 members (excludes halogenated alkanes) is 4. The quantitative estimate of drug-likeness (QED) is 0.251. The van der Waals surface area contributed by atoms with E-state index in [0.29, 0.717) is 11.8 Å². The minimum atomic E-state index is -0.363. The molecule has 0 aliphatic heterocycles. The van der Waals surface area contributed by atoms with Gasteiger partial charge in [-0.15, -0.1) is 0 Å². The van der Waals surface area contributed by atoms with E-state index in [2.05, 4.69) is 24.4 Å². The van der Waals surface area contributed by atoms with Crippen LogP contribution < -0.4 is 5.32 Å². The van der Waals surface area contributed by atoms with Crippen LogP contribution in [0.4, 0.5) is 0 Å². The van der Waals surface area contributed by atoms with Gasteiger partial charge in [0, 0.05) is 12.5 Å². The molecule has 4 N–H and O–H groups in total. The van der Waals surface area contributed by atoms with Crippen molar-refractivity contribution in [2.45, 2.75) is 89.8 Å². The Morgan fingerprint density at radius 3 is 2.75 bits per heavy atom. The number of hydrogen-bond donors (Lipinski definition) is 4. The standard InChI is InChI=1S/C24H43NO3/c1-2-3-5-10-21(27)11-12-22-23-17-19(16-20(23)18-24(22)28)9-6-4-7-13-25-14-8-15-26/h11-12,16,20-28H,2-10,13-15,17-18H2,1H3/t20-,21-,22+,23-,24+/m0/s1. The Labute approximate surface area is 172 Å². The normalized spacial score (nSPS) is 28.1. The lowest BCUT2D eigenvalue weighted by atomic mass is 9.88. The van der Waals surface area contributed by atoms with Crippen LogP contribution in [0.2, 0.25) is 0 Å². The molecule has 0 bridgehead atoms. The van der Waals surface area contributed by atoms with Gasteiger partial charge in [0.25, 0.3) is 0 Å². The number of aliphatic hydroxyl groups is 3. The third kappa shape index (κ3) is 7.98. The molecule has 2 aliphatic carbocycles. The maximum Gasteiger partial charge on any atom is 0.0721 e. The molecule has 0 heterocycles. The van der Waals surface area contributed by atoms with E-state index in [9.17, 15) is 10.2 Å². The maximum atomic E-state index is 10.5. The molecule has 1 fully saturated rings. The Hall–Kier alpha value is -0.680. The fourth-order valence-electron chi connectivity index (χ4n) is 4.85. The van der Waals surface area contributed by atoms with E-state index >= 15 is 0 Å². The molecule has 4 nitrogen and oxygen atoms in total. The Bertz CT molecular complexity index is 476. The zero-order chi connectivity index (χ0) is 20.2. The molecule has 0 aromatic carbocycles. The smallest absolute Gasteiger partial charge is 0.0721 e. The molecule has 0 radical (unpaired) electrons. The number of rotatable bonds is 15. The minimum absolute atomic E-state index is 0.204. The van der Waals surface area contributed by atoms with Gasteiger partial charge in [0.15, 0.2) is 0 Å². The largest absolute Gasteiger partial charge is 0.396 e. The third-order valence-corrected chi connectivity index (χ3v) is 6.47. The van der Waals surface area contributed by atoms with E-state index in [1.807, 2.05) is 6.08 Å². The SMILES string of the molecule is CCCCC[C@H](O)C=C[C@@H]1[C@H]2CC(CCCCCNCCCO)=C[C@H]2C[C@H]1O. The van der Waals surface area contributed by atoms with Gasteiger partial charge < -0.3 is 20.6 Å². The van der Waals surface area contributed by atoms with Gasteiger partial charge in [-0.05, 0) is 69.9 Å². The molecular formula is C24H43NO3. The molecule has 0 unspecified atom stereocenters. The van der Waals surface area contributed by atoms with Crippen molar-refractivity contribution in [3.05, 3.63) is 23.8 Å². The van der Waals surface area contributed by atoms with E-state index in [-0.39, 0.29) is 24.7 Å². The fraction of sp³-hybridized carbons (Fsp3) is 0.833. The second kappa shape index (κ2) is 13.5. The summed E-state index contributed by atoms with van der Waals surface area (Å²) < 4.78 is 0. The van der Waals surface area contributed by atoms with Crippen molar-refractivity contribution in [2.75, 3.05) is 19.7 Å². The van der Waals surface area contributed by atoms with Crippen LogP contribution in [0, 0.1) is 17.8 Å². The summed E-state index contributed by atoms with van der Waals surface area (Å²) in [5.74, 6) is 1.26. The summed E-state index contributed by atoms with van der Waals surface area (Å²) in [4.78, 5) is 0. The average Bonchev–Trinajstić information content (AvgIpc) is 3.19. The van der Waals surface area contributed by atoms with Crippen molar-refractivity contribution < 1.29 is 15.3 Å². The predicted molar refractivity (Wildman–Crippen MR) is 116 cm³/mol. The highest BCUT2D eigenvalue weighted by Crippen LogP contribution is 2.48. The lowest BCUT2D eigenvalue weighted by molar-refractivity contribution is 0.139. The van der Waals surface area contributed by atoms with Crippen LogP contribution in [0.5, 0.6) is 0 Å². The Morgan fingerprint density at radius 2 is 1.96 bits per heavy atom. The molecular weight excluding hydrogens is 350 g/mol. The van der Waals surface area contributed by atoms with Crippen molar-refractivity contribution in [1.29, 1.82) is 0 Å². The lowest BCUT2D eigenvalue weighted by Crippen LogP contribution is -2.18. The predicted octanol–water partition coefficient (Wildman–Crippen LogP) is 3.96. The molecule has 0 saturated heterocycles. The molecule has 0 spiro atoms. The van der Waals surface area contributed by atoms with Crippen molar-refractivity contribution >= 4 is 0 Å². The van der Waals surface area contributed by atoms with Crippen LogP contribution in [0.1, 0.15) is 77.6 Å². The van der Waals surface area contributed by atoms with Crippen molar-refractivity contribution in [1.82, 2.24) is 5.32 Å². The van der Waals surface area contributed by atoms with Gasteiger partial charge in [-0.1, -0.05) is 56.4 Å². The molecule has 162 valence electrons. The summed E-state index contributed by atoms with van der Waals surface area (Å²) in [7, 11) is 0. The highest BCUT2D eigenvalue weighted by Gasteiger charge is 2.43. The number of aliphatic hydroxyl groups excluding tert-OH is 3. The zero-order valence-corrected chi connectivity index (χ0v) is 17.9. The first-order valence-corrected chi connectivity index (χ1v) is 11.7. The van der Waals surface area contributed by atoms with Crippen LogP contribution in [0.15, 0.2) is 23.8 Å². The molecule has 5 atom stereocenters. The monoisotopic (exact) mass is 393 g/mol. The average molecular weight is 394 g/mol. The van der Waals surface area contributed by atoms with E-state index in [4.69, 9.17) is 5.11 Å². The Morgan fingerprint density at radius 1 is 1.14 bits per heavy atom. The zero-order valence-electron chi connectivity index (χ0n) is 17.9. The van der Waals surface area contributed by atoms with Crippen LogP contribution in [-0.2, 0) is 0 Å². The van der Waals surface area contributed by atoms with E-state index in [1.54, 1.807) is 5.57 Å². The molecule has 2 rings (SSSR count).